The van der Waals surface area contributed by atoms with Crippen LogP contribution < -0.4 is 10.1 Å². The predicted molar refractivity (Wildman–Crippen MR) is 102 cm³/mol. The third-order valence-corrected chi connectivity index (χ3v) is 4.32. The molecule has 26 heavy (non-hydrogen) atoms. The number of hydrogen-bond donors (Lipinski definition) is 2. The number of carbonyl (C=O) groups excluding carboxylic acids is 1. The number of carbonyl (C=O) groups is 1. The van der Waals surface area contributed by atoms with Crippen LogP contribution in [0.3, 0.4) is 0 Å². The van der Waals surface area contributed by atoms with Crippen LogP contribution in [0.1, 0.15) is 30.2 Å². The minimum Gasteiger partial charge on any atom is -0.481 e. The van der Waals surface area contributed by atoms with E-state index >= 15 is 0 Å². The van der Waals surface area contributed by atoms with Crippen molar-refractivity contribution in [2.75, 3.05) is 0 Å². The fraction of sp³-hybridized carbons (Fsp3) is 0.211. The molecule has 1 heterocycles. The predicted octanol–water partition coefficient (Wildman–Crippen LogP) is 3.55. The van der Waals surface area contributed by atoms with Gasteiger partial charge in [0.25, 0.3) is 5.91 Å². The van der Waals surface area contributed by atoms with Crippen molar-refractivity contribution in [3.8, 4) is 5.75 Å². The third-order valence-electron chi connectivity index (χ3n) is 3.79. The van der Waals surface area contributed by atoms with Crippen LogP contribution in [0.15, 0.2) is 59.1 Å². The number of nitrogens with one attached hydrogen (secondary N) is 2. The molecule has 7 heteroatoms. The van der Waals surface area contributed by atoms with E-state index in [-0.39, 0.29) is 5.91 Å². The molecule has 6 nitrogen and oxygen atoms in total. The molecule has 0 aliphatic rings. The van der Waals surface area contributed by atoms with Gasteiger partial charge in [-0.25, -0.2) is 4.98 Å². The van der Waals surface area contributed by atoms with Gasteiger partial charge >= 0.3 is 0 Å². The maximum Gasteiger partial charge on any atom is 0.261 e. The minimum absolute atomic E-state index is 0.246. The van der Waals surface area contributed by atoms with Crippen molar-refractivity contribution in [3.05, 3.63) is 76.3 Å². The average molecular weight is 415 g/mol. The van der Waals surface area contributed by atoms with E-state index in [2.05, 4.69) is 36.4 Å². The van der Waals surface area contributed by atoms with Crippen molar-refractivity contribution < 1.29 is 9.53 Å². The molecule has 0 bridgehead atoms. The maximum atomic E-state index is 12.7. The Hall–Kier alpha value is -2.67. The van der Waals surface area contributed by atoms with Gasteiger partial charge in [0, 0.05) is 4.47 Å². The van der Waals surface area contributed by atoms with Gasteiger partial charge in [-0.2, -0.15) is 5.10 Å². The van der Waals surface area contributed by atoms with E-state index < -0.39 is 12.1 Å². The van der Waals surface area contributed by atoms with Gasteiger partial charge in [0.05, 0.1) is 0 Å². The van der Waals surface area contributed by atoms with E-state index in [1.807, 2.05) is 49.4 Å². The first-order chi connectivity index (χ1) is 12.5. The molecule has 3 aromatic rings. The highest BCUT2D eigenvalue weighted by molar-refractivity contribution is 9.10. The molecule has 2 aromatic carbocycles. The van der Waals surface area contributed by atoms with E-state index in [0.29, 0.717) is 17.4 Å². The summed E-state index contributed by atoms with van der Waals surface area (Å²) in [6.45, 7) is 3.53. The lowest BCUT2D eigenvalue weighted by molar-refractivity contribution is -0.127. The number of nitrogens with zero attached hydrogens (tertiary/aromatic N) is 2. The topological polar surface area (TPSA) is 79.9 Å². The van der Waals surface area contributed by atoms with Gasteiger partial charge in [0.2, 0.25) is 0 Å². The molecule has 1 aromatic heterocycles. The molecule has 3 rings (SSSR count). The van der Waals surface area contributed by atoms with E-state index in [0.717, 1.165) is 10.0 Å². The van der Waals surface area contributed by atoms with Crippen molar-refractivity contribution in [1.29, 1.82) is 0 Å². The molecule has 0 aliphatic heterocycles. The number of ether oxygens (including phenoxy) is 1. The van der Waals surface area contributed by atoms with Gasteiger partial charge in [-0.3, -0.25) is 9.89 Å². The molecule has 134 valence electrons. The van der Waals surface area contributed by atoms with Gasteiger partial charge in [-0.1, -0.05) is 46.3 Å². The quantitative estimate of drug-likeness (QED) is 0.646. The largest absolute Gasteiger partial charge is 0.481 e. The Bertz CT molecular complexity index is 865. The van der Waals surface area contributed by atoms with E-state index in [4.69, 9.17) is 4.74 Å². The first kappa shape index (κ1) is 18.1. The Kier molecular flexibility index (Phi) is 5.68. The van der Waals surface area contributed by atoms with Crippen LogP contribution >= 0.6 is 15.9 Å². The number of rotatable bonds is 6. The zero-order valence-corrected chi connectivity index (χ0v) is 16.0. The van der Waals surface area contributed by atoms with Gasteiger partial charge in [-0.15, -0.1) is 0 Å². The minimum atomic E-state index is -0.664. The number of aromatic nitrogens is 3. The molecule has 1 amide bonds. The fourth-order valence-corrected chi connectivity index (χ4v) is 2.73. The Balaban J connectivity index is 1.75. The summed E-state index contributed by atoms with van der Waals surface area (Å²) in [5.41, 5.74) is 0.899. The van der Waals surface area contributed by atoms with Crippen LogP contribution in [0, 0.1) is 6.92 Å². The van der Waals surface area contributed by atoms with E-state index in [1.54, 1.807) is 19.1 Å². The number of aryl methyl sites for hydroxylation is 1. The third kappa shape index (κ3) is 4.49. The highest BCUT2D eigenvalue weighted by atomic mass is 79.9. The number of amides is 1. The molecule has 0 saturated carbocycles. The van der Waals surface area contributed by atoms with Gasteiger partial charge in [0.1, 0.15) is 17.6 Å². The van der Waals surface area contributed by atoms with Crippen molar-refractivity contribution in [2.45, 2.75) is 26.0 Å². The number of benzene rings is 2. The number of halogens is 1. The summed E-state index contributed by atoms with van der Waals surface area (Å²) < 4.78 is 6.68. The first-order valence-corrected chi connectivity index (χ1v) is 8.98. The second-order valence-electron chi connectivity index (χ2n) is 5.85. The molecule has 0 saturated heterocycles. The lowest BCUT2D eigenvalue weighted by atomic mass is 10.1. The summed E-state index contributed by atoms with van der Waals surface area (Å²) in [5.74, 6) is 1.58. The lowest BCUT2D eigenvalue weighted by Gasteiger charge is -2.20. The van der Waals surface area contributed by atoms with Crippen LogP contribution in [-0.2, 0) is 4.79 Å². The summed E-state index contributed by atoms with van der Waals surface area (Å²) >= 11 is 3.38. The molecule has 2 N–H and O–H groups in total. The second kappa shape index (κ2) is 8.14. The molecule has 0 radical (unpaired) electrons. The average Bonchev–Trinajstić information content (AvgIpc) is 3.08. The van der Waals surface area contributed by atoms with Gasteiger partial charge < -0.3 is 10.1 Å². The van der Waals surface area contributed by atoms with Crippen LogP contribution in [0.2, 0.25) is 0 Å². The van der Waals surface area contributed by atoms with Crippen molar-refractivity contribution in [3.63, 3.8) is 0 Å². The summed E-state index contributed by atoms with van der Waals surface area (Å²) in [5, 5.41) is 10.00. The van der Waals surface area contributed by atoms with Gasteiger partial charge in [-0.05, 0) is 43.7 Å². The van der Waals surface area contributed by atoms with Crippen molar-refractivity contribution in [1.82, 2.24) is 20.5 Å². The highest BCUT2D eigenvalue weighted by Crippen LogP contribution is 2.20. The number of hydrogen-bond acceptors (Lipinski definition) is 4. The molecular formula is C19H19BrN4O2. The SMILES string of the molecule is Cc1nc(C(NC(=O)C(C)Oc2ccc(Br)cc2)c2ccccc2)n[nH]1. The molecule has 0 aliphatic carbocycles. The van der Waals surface area contributed by atoms with Crippen LogP contribution in [-0.4, -0.2) is 27.2 Å². The second-order valence-corrected chi connectivity index (χ2v) is 6.76. The zero-order valence-electron chi connectivity index (χ0n) is 14.4. The van der Waals surface area contributed by atoms with Crippen molar-refractivity contribution in [2.24, 2.45) is 0 Å². The standard InChI is InChI=1S/C19H19BrN4O2/c1-12(26-16-10-8-15(20)9-11-16)19(25)22-17(14-6-4-3-5-7-14)18-21-13(2)23-24-18/h3-12,17H,1-2H3,(H,22,25)(H,21,23,24). The van der Waals surface area contributed by atoms with Crippen LogP contribution in [0.25, 0.3) is 0 Å². The monoisotopic (exact) mass is 414 g/mol. The molecule has 2 atom stereocenters. The smallest absolute Gasteiger partial charge is 0.261 e. The molecule has 0 fully saturated rings. The number of H-pyrrole nitrogens is 1. The normalized spacial score (nSPS) is 13.0. The summed E-state index contributed by atoms with van der Waals surface area (Å²) in [4.78, 5) is 17.0. The van der Waals surface area contributed by atoms with Crippen LogP contribution in [0.5, 0.6) is 5.75 Å². The highest BCUT2D eigenvalue weighted by Gasteiger charge is 2.24. The Morgan fingerprint density at radius 1 is 1.15 bits per heavy atom. The van der Waals surface area contributed by atoms with E-state index in [9.17, 15) is 4.79 Å². The molecular weight excluding hydrogens is 396 g/mol. The fourth-order valence-electron chi connectivity index (χ4n) is 2.46. The molecule has 2 unspecified atom stereocenters. The summed E-state index contributed by atoms with van der Waals surface area (Å²) in [6, 6.07) is 16.5. The summed E-state index contributed by atoms with van der Waals surface area (Å²) in [7, 11) is 0. The zero-order chi connectivity index (χ0) is 18.5. The number of aromatic amines is 1. The van der Waals surface area contributed by atoms with E-state index in [1.165, 1.54) is 0 Å². The molecule has 0 spiro atoms. The Morgan fingerprint density at radius 2 is 1.85 bits per heavy atom. The van der Waals surface area contributed by atoms with Crippen LogP contribution in [0.4, 0.5) is 0 Å². The van der Waals surface area contributed by atoms with Crippen molar-refractivity contribution >= 4 is 21.8 Å². The van der Waals surface area contributed by atoms with Gasteiger partial charge in [0.15, 0.2) is 11.9 Å². The lowest BCUT2D eigenvalue weighted by Crippen LogP contribution is -2.39. The summed E-state index contributed by atoms with van der Waals surface area (Å²) in [6.07, 6.45) is -0.664. The Morgan fingerprint density at radius 3 is 2.46 bits per heavy atom. The Labute approximate surface area is 160 Å². The first-order valence-electron chi connectivity index (χ1n) is 8.19. The maximum absolute atomic E-state index is 12.7.